The van der Waals surface area contributed by atoms with Crippen molar-refractivity contribution >= 4 is 11.0 Å². The average molecular weight is 338 g/mol. The van der Waals surface area contributed by atoms with Crippen molar-refractivity contribution in [2.45, 2.75) is 25.0 Å². The maximum atomic E-state index is 12.7. The second-order valence-electron chi connectivity index (χ2n) is 6.39. The third-order valence-electron chi connectivity index (χ3n) is 4.77. The van der Waals surface area contributed by atoms with Crippen molar-refractivity contribution < 1.29 is 19.0 Å². The molecule has 0 radical (unpaired) electrons. The molecule has 5 heteroatoms. The first-order valence-corrected chi connectivity index (χ1v) is 8.10. The highest BCUT2D eigenvalue weighted by Gasteiger charge is 2.41. The quantitative estimate of drug-likeness (QED) is 0.720. The van der Waals surface area contributed by atoms with E-state index in [1.165, 1.54) is 6.07 Å². The Morgan fingerprint density at radius 1 is 1.16 bits per heavy atom. The number of benzene rings is 2. The molecule has 2 atom stereocenters. The van der Waals surface area contributed by atoms with Gasteiger partial charge in [-0.15, -0.1) is 0 Å². The molecule has 0 spiro atoms. The largest absolute Gasteiger partial charge is 0.504 e. The van der Waals surface area contributed by atoms with Crippen LogP contribution >= 0.6 is 0 Å². The highest BCUT2D eigenvalue weighted by atomic mass is 16.7. The predicted molar refractivity (Wildman–Crippen MR) is 93.1 cm³/mol. The monoisotopic (exact) mass is 338 g/mol. The maximum Gasteiger partial charge on any atom is 0.344 e. The van der Waals surface area contributed by atoms with Crippen LogP contribution in [0.1, 0.15) is 30.4 Å². The number of hydrogen-bond acceptors (Lipinski definition) is 5. The smallest absolute Gasteiger partial charge is 0.344 e. The Labute approximate surface area is 144 Å². The summed E-state index contributed by atoms with van der Waals surface area (Å²) in [5.41, 5.74) is 1.07. The molecule has 128 valence electrons. The molecule has 25 heavy (non-hydrogen) atoms. The SMILES string of the molecule is CO[C@]1(C)C[C@H](c2ccccc2)c2c(c3cccc(O)c3oc2=O)O1. The molecule has 3 aromatic rings. The lowest BCUT2D eigenvalue weighted by Crippen LogP contribution is -2.41. The van der Waals surface area contributed by atoms with Crippen molar-refractivity contribution in [2.24, 2.45) is 0 Å². The number of fused-ring (bicyclic) bond motifs is 3. The molecule has 0 aliphatic carbocycles. The van der Waals surface area contributed by atoms with E-state index in [2.05, 4.69) is 0 Å². The summed E-state index contributed by atoms with van der Waals surface area (Å²) in [6.07, 6.45) is 0.482. The molecule has 0 unspecified atom stereocenters. The first kappa shape index (κ1) is 15.7. The molecule has 2 heterocycles. The van der Waals surface area contributed by atoms with Gasteiger partial charge in [0.25, 0.3) is 0 Å². The van der Waals surface area contributed by atoms with E-state index in [9.17, 15) is 9.90 Å². The molecule has 2 aromatic carbocycles. The highest BCUT2D eigenvalue weighted by Crippen LogP contribution is 2.46. The standard InChI is InChI=1S/C20H18O5/c1-20(23-2)11-14(12-7-4-3-5-8-12)16-18(25-20)13-9-6-10-15(21)17(13)24-19(16)22/h3-10,14,21H,11H2,1-2H3/t14-,20+/m1/s1. The molecule has 0 fully saturated rings. The Morgan fingerprint density at radius 3 is 2.64 bits per heavy atom. The summed E-state index contributed by atoms with van der Waals surface area (Å²) in [6.45, 7) is 1.84. The van der Waals surface area contributed by atoms with E-state index in [0.29, 0.717) is 23.1 Å². The summed E-state index contributed by atoms with van der Waals surface area (Å²) in [4.78, 5) is 12.7. The van der Waals surface area contributed by atoms with Crippen molar-refractivity contribution in [3.8, 4) is 11.5 Å². The fraction of sp³-hybridized carbons (Fsp3) is 0.250. The average Bonchev–Trinajstić information content (AvgIpc) is 2.63. The second-order valence-corrected chi connectivity index (χ2v) is 6.39. The Balaban J connectivity index is 2.05. The molecule has 1 N–H and O–H groups in total. The van der Waals surface area contributed by atoms with Gasteiger partial charge >= 0.3 is 5.63 Å². The molecule has 1 aliphatic heterocycles. The van der Waals surface area contributed by atoms with Crippen molar-refractivity contribution in [1.82, 2.24) is 0 Å². The third-order valence-corrected chi connectivity index (χ3v) is 4.77. The van der Waals surface area contributed by atoms with Crippen molar-refractivity contribution in [3.63, 3.8) is 0 Å². The minimum absolute atomic E-state index is 0.0954. The van der Waals surface area contributed by atoms with Crippen LogP contribution in [0.3, 0.4) is 0 Å². The summed E-state index contributed by atoms with van der Waals surface area (Å²) in [5, 5.41) is 10.6. The van der Waals surface area contributed by atoms with Gasteiger partial charge in [-0.05, 0) is 17.7 Å². The van der Waals surface area contributed by atoms with Crippen LogP contribution in [-0.4, -0.2) is 18.0 Å². The Kier molecular flexibility index (Phi) is 3.54. The third kappa shape index (κ3) is 2.48. The Morgan fingerprint density at radius 2 is 1.92 bits per heavy atom. The van der Waals surface area contributed by atoms with Crippen molar-refractivity contribution in [3.05, 3.63) is 70.1 Å². The van der Waals surface area contributed by atoms with Crippen LogP contribution in [0.25, 0.3) is 11.0 Å². The van der Waals surface area contributed by atoms with Gasteiger partial charge in [0.15, 0.2) is 11.3 Å². The topological polar surface area (TPSA) is 68.9 Å². The lowest BCUT2D eigenvalue weighted by Gasteiger charge is -2.38. The number of ether oxygens (including phenoxy) is 2. The zero-order valence-electron chi connectivity index (χ0n) is 14.0. The summed E-state index contributed by atoms with van der Waals surface area (Å²) in [6, 6.07) is 14.7. The van der Waals surface area contributed by atoms with Crippen LogP contribution < -0.4 is 10.4 Å². The summed E-state index contributed by atoms with van der Waals surface area (Å²) < 4.78 is 17.1. The molecular weight excluding hydrogens is 320 g/mol. The van der Waals surface area contributed by atoms with Crippen LogP contribution in [0.5, 0.6) is 11.5 Å². The number of methoxy groups -OCH3 is 1. The van der Waals surface area contributed by atoms with E-state index < -0.39 is 11.4 Å². The Hall–Kier alpha value is -2.79. The lowest BCUT2D eigenvalue weighted by atomic mass is 9.83. The first-order valence-electron chi connectivity index (χ1n) is 8.10. The van der Waals surface area contributed by atoms with Gasteiger partial charge in [-0.2, -0.15) is 0 Å². The highest BCUT2D eigenvalue weighted by molar-refractivity contribution is 5.89. The van der Waals surface area contributed by atoms with E-state index in [1.54, 1.807) is 19.2 Å². The molecular formula is C20H18O5. The van der Waals surface area contributed by atoms with E-state index in [1.807, 2.05) is 37.3 Å². The minimum atomic E-state index is -0.889. The number of aromatic hydroxyl groups is 1. The fourth-order valence-corrected chi connectivity index (χ4v) is 3.43. The van der Waals surface area contributed by atoms with Gasteiger partial charge in [0.1, 0.15) is 5.75 Å². The second kappa shape index (κ2) is 5.63. The molecule has 1 aliphatic rings. The summed E-state index contributed by atoms with van der Waals surface area (Å²) in [5.74, 6) is -0.800. The van der Waals surface area contributed by atoms with Crippen LogP contribution in [0.4, 0.5) is 0 Å². The zero-order chi connectivity index (χ0) is 17.6. The van der Waals surface area contributed by atoms with Gasteiger partial charge in [0.2, 0.25) is 5.79 Å². The fourth-order valence-electron chi connectivity index (χ4n) is 3.43. The molecule has 1 aromatic heterocycles. The number of hydrogen-bond donors (Lipinski definition) is 1. The van der Waals surface area contributed by atoms with Crippen LogP contribution in [0.2, 0.25) is 0 Å². The summed E-state index contributed by atoms with van der Waals surface area (Å²) >= 11 is 0. The Bertz CT molecular complexity index is 992. The van der Waals surface area contributed by atoms with Gasteiger partial charge in [0.05, 0.1) is 10.9 Å². The van der Waals surface area contributed by atoms with E-state index >= 15 is 0 Å². The number of phenolic OH excluding ortho intramolecular Hbond substituents is 1. The van der Waals surface area contributed by atoms with Gasteiger partial charge in [0, 0.05) is 26.4 Å². The molecule has 0 saturated carbocycles. The maximum absolute atomic E-state index is 12.7. The minimum Gasteiger partial charge on any atom is -0.504 e. The van der Waals surface area contributed by atoms with Gasteiger partial charge in [-0.1, -0.05) is 36.4 Å². The van der Waals surface area contributed by atoms with Crippen molar-refractivity contribution in [2.75, 3.05) is 7.11 Å². The molecule has 4 rings (SSSR count). The van der Waals surface area contributed by atoms with Crippen molar-refractivity contribution in [1.29, 1.82) is 0 Å². The van der Waals surface area contributed by atoms with Gasteiger partial charge in [-0.3, -0.25) is 0 Å². The van der Waals surface area contributed by atoms with Crippen LogP contribution in [0, 0.1) is 0 Å². The lowest BCUT2D eigenvalue weighted by molar-refractivity contribution is -0.163. The molecule has 0 saturated heterocycles. The van der Waals surface area contributed by atoms with Gasteiger partial charge < -0.3 is 19.0 Å². The van der Waals surface area contributed by atoms with Gasteiger partial charge in [-0.25, -0.2) is 4.79 Å². The number of rotatable bonds is 2. The normalized spacial score (nSPS) is 22.4. The first-order chi connectivity index (χ1) is 12.0. The predicted octanol–water partition coefficient (Wildman–Crippen LogP) is 3.78. The molecule has 5 nitrogen and oxygen atoms in total. The molecule has 0 amide bonds. The van der Waals surface area contributed by atoms with Crippen LogP contribution in [-0.2, 0) is 4.74 Å². The zero-order valence-corrected chi connectivity index (χ0v) is 14.0. The van der Waals surface area contributed by atoms with E-state index in [0.717, 1.165) is 5.56 Å². The number of phenols is 1. The van der Waals surface area contributed by atoms with Crippen LogP contribution in [0.15, 0.2) is 57.7 Å². The molecule has 0 bridgehead atoms. The van der Waals surface area contributed by atoms with E-state index in [-0.39, 0.29) is 17.3 Å². The number of para-hydroxylation sites is 1. The summed E-state index contributed by atoms with van der Waals surface area (Å²) in [7, 11) is 1.58. The van der Waals surface area contributed by atoms with E-state index in [4.69, 9.17) is 13.9 Å².